The highest BCUT2D eigenvalue weighted by Crippen LogP contribution is 2.12. The van der Waals surface area contributed by atoms with E-state index in [4.69, 9.17) is 4.52 Å². The predicted molar refractivity (Wildman–Crippen MR) is 75.9 cm³/mol. The van der Waals surface area contributed by atoms with Crippen molar-refractivity contribution in [2.45, 2.75) is 25.3 Å². The van der Waals surface area contributed by atoms with Gasteiger partial charge in [-0.2, -0.15) is 0 Å². The molecule has 0 fully saturated rings. The number of amides is 1. The first-order chi connectivity index (χ1) is 9.49. The van der Waals surface area contributed by atoms with E-state index in [2.05, 4.69) is 10.5 Å². The van der Waals surface area contributed by atoms with E-state index in [1.807, 2.05) is 13.8 Å². The highest BCUT2D eigenvalue weighted by Gasteiger charge is 2.11. The quantitative estimate of drug-likeness (QED) is 0.935. The van der Waals surface area contributed by atoms with Crippen molar-refractivity contribution in [3.63, 3.8) is 0 Å². The second-order valence-electron chi connectivity index (χ2n) is 4.46. The fourth-order valence-corrected chi connectivity index (χ4v) is 2.34. The molecule has 0 saturated heterocycles. The van der Waals surface area contributed by atoms with Crippen LogP contribution in [0.1, 0.15) is 27.4 Å². The summed E-state index contributed by atoms with van der Waals surface area (Å²) >= 11 is 0. The molecule has 0 bridgehead atoms. The summed E-state index contributed by atoms with van der Waals surface area (Å²) in [5, 5.41) is 6.65. The molecular formula is C14H16N2O3S. The molecule has 0 spiro atoms. The lowest BCUT2D eigenvalue weighted by Crippen LogP contribution is -2.23. The molecular weight excluding hydrogens is 276 g/mol. The average molecular weight is 292 g/mol. The molecule has 2 rings (SSSR count). The normalized spacial score (nSPS) is 12.2. The van der Waals surface area contributed by atoms with E-state index in [1.165, 1.54) is 0 Å². The van der Waals surface area contributed by atoms with Crippen LogP contribution in [0.4, 0.5) is 0 Å². The molecule has 20 heavy (non-hydrogen) atoms. The Bertz CT molecular complexity index is 627. The number of nitrogens with one attached hydrogen (secondary N) is 1. The third kappa shape index (κ3) is 3.14. The summed E-state index contributed by atoms with van der Waals surface area (Å²) in [6, 6.07) is 6.72. The fraction of sp³-hybridized carbons (Fsp3) is 0.286. The van der Waals surface area contributed by atoms with Gasteiger partial charge in [-0.3, -0.25) is 9.00 Å². The Morgan fingerprint density at radius 3 is 2.45 bits per heavy atom. The zero-order chi connectivity index (χ0) is 14.7. The summed E-state index contributed by atoms with van der Waals surface area (Å²) in [6.45, 7) is 4.03. The smallest absolute Gasteiger partial charge is 0.251 e. The second-order valence-corrected chi connectivity index (χ2v) is 5.84. The van der Waals surface area contributed by atoms with Crippen molar-refractivity contribution in [1.29, 1.82) is 0 Å². The van der Waals surface area contributed by atoms with E-state index >= 15 is 0 Å². The van der Waals surface area contributed by atoms with Gasteiger partial charge in [0.05, 0.1) is 5.69 Å². The summed E-state index contributed by atoms with van der Waals surface area (Å²) < 4.78 is 16.3. The number of nitrogens with zero attached hydrogens (tertiary/aromatic N) is 1. The number of aromatic nitrogens is 1. The van der Waals surface area contributed by atoms with E-state index in [1.54, 1.807) is 30.5 Å². The predicted octanol–water partition coefficient (Wildman–Crippen LogP) is 1.96. The summed E-state index contributed by atoms with van der Waals surface area (Å²) in [4.78, 5) is 12.7. The topological polar surface area (TPSA) is 72.2 Å². The molecule has 106 valence electrons. The zero-order valence-electron chi connectivity index (χ0n) is 11.6. The molecule has 5 nitrogen and oxygen atoms in total. The molecule has 1 aromatic carbocycles. The number of hydrogen-bond acceptors (Lipinski definition) is 4. The van der Waals surface area contributed by atoms with Crippen LogP contribution in [0.3, 0.4) is 0 Å². The first-order valence-corrected chi connectivity index (χ1v) is 7.68. The van der Waals surface area contributed by atoms with Crippen LogP contribution in [0.2, 0.25) is 0 Å². The highest BCUT2D eigenvalue weighted by atomic mass is 32.2. The minimum Gasteiger partial charge on any atom is -0.361 e. The van der Waals surface area contributed by atoms with Gasteiger partial charge in [0.25, 0.3) is 5.91 Å². The third-order valence-corrected chi connectivity index (χ3v) is 3.99. The number of aryl methyl sites for hydroxylation is 2. The van der Waals surface area contributed by atoms with Crippen molar-refractivity contribution in [1.82, 2.24) is 10.5 Å². The number of carbonyl (C=O) groups is 1. The first-order valence-electron chi connectivity index (χ1n) is 6.12. The van der Waals surface area contributed by atoms with Gasteiger partial charge in [-0.25, -0.2) is 0 Å². The summed E-state index contributed by atoms with van der Waals surface area (Å²) in [7, 11) is -1.04. The molecule has 0 aliphatic heterocycles. The standard InChI is InChI=1S/C14H16N2O3S/c1-9-13(10(2)19-16-9)8-15-14(17)11-4-6-12(7-5-11)20(3)18/h4-7H,8H2,1-3H3,(H,15,17)/t20-/m1/s1. The molecule has 1 heterocycles. The minimum absolute atomic E-state index is 0.182. The lowest BCUT2D eigenvalue weighted by Gasteiger charge is -2.05. The van der Waals surface area contributed by atoms with E-state index in [0.29, 0.717) is 22.8 Å². The van der Waals surface area contributed by atoms with E-state index in [-0.39, 0.29) is 5.91 Å². The van der Waals surface area contributed by atoms with Crippen LogP contribution in [-0.4, -0.2) is 21.5 Å². The molecule has 6 heteroatoms. The maximum Gasteiger partial charge on any atom is 0.251 e. The molecule has 1 amide bonds. The van der Waals surface area contributed by atoms with Crippen molar-refractivity contribution < 1.29 is 13.5 Å². The van der Waals surface area contributed by atoms with Gasteiger partial charge in [-0.15, -0.1) is 0 Å². The van der Waals surface area contributed by atoms with Gasteiger partial charge < -0.3 is 9.84 Å². The van der Waals surface area contributed by atoms with Gasteiger partial charge in [0.1, 0.15) is 5.76 Å². The molecule has 1 aromatic heterocycles. The Labute approximate surface area is 119 Å². The van der Waals surface area contributed by atoms with E-state index in [9.17, 15) is 9.00 Å². The second kappa shape index (κ2) is 6.00. The first kappa shape index (κ1) is 14.5. The Balaban J connectivity index is 2.03. The summed E-state index contributed by atoms with van der Waals surface area (Å²) in [5.41, 5.74) is 2.20. The van der Waals surface area contributed by atoms with Gasteiger partial charge in [-0.05, 0) is 38.1 Å². The largest absolute Gasteiger partial charge is 0.361 e. The molecule has 0 unspecified atom stereocenters. The Morgan fingerprint density at radius 2 is 1.95 bits per heavy atom. The third-order valence-electron chi connectivity index (χ3n) is 3.06. The monoisotopic (exact) mass is 292 g/mol. The van der Waals surface area contributed by atoms with Crippen LogP contribution >= 0.6 is 0 Å². The molecule has 1 N–H and O–H groups in total. The SMILES string of the molecule is Cc1noc(C)c1CNC(=O)c1ccc([S@@](C)=O)cc1. The van der Waals surface area contributed by atoms with Crippen molar-refractivity contribution in [3.8, 4) is 0 Å². The maximum absolute atomic E-state index is 12.0. The van der Waals surface area contributed by atoms with Crippen molar-refractivity contribution in [2.75, 3.05) is 6.26 Å². The van der Waals surface area contributed by atoms with E-state index in [0.717, 1.165) is 11.3 Å². The van der Waals surface area contributed by atoms with Crippen LogP contribution < -0.4 is 5.32 Å². The number of benzene rings is 1. The molecule has 1 atom stereocenters. The number of rotatable bonds is 4. The highest BCUT2D eigenvalue weighted by molar-refractivity contribution is 7.84. The van der Waals surface area contributed by atoms with Crippen LogP contribution in [0.25, 0.3) is 0 Å². The lowest BCUT2D eigenvalue weighted by atomic mass is 10.2. The Kier molecular flexibility index (Phi) is 4.34. The van der Waals surface area contributed by atoms with E-state index < -0.39 is 10.8 Å². The lowest BCUT2D eigenvalue weighted by molar-refractivity contribution is 0.0950. The van der Waals surface area contributed by atoms with Gasteiger partial charge in [0.15, 0.2) is 0 Å². The van der Waals surface area contributed by atoms with Crippen molar-refractivity contribution in [2.24, 2.45) is 0 Å². The van der Waals surface area contributed by atoms with Gasteiger partial charge >= 0.3 is 0 Å². The molecule has 2 aromatic rings. The van der Waals surface area contributed by atoms with Crippen LogP contribution in [0, 0.1) is 13.8 Å². The van der Waals surface area contributed by atoms with Gasteiger partial charge in [-0.1, -0.05) is 5.16 Å². The fourth-order valence-electron chi connectivity index (χ4n) is 1.82. The van der Waals surface area contributed by atoms with Gasteiger partial charge in [0.2, 0.25) is 0 Å². The average Bonchev–Trinajstić information content (AvgIpc) is 2.75. The van der Waals surface area contributed by atoms with Crippen LogP contribution in [-0.2, 0) is 17.3 Å². The molecule has 0 aliphatic carbocycles. The zero-order valence-corrected chi connectivity index (χ0v) is 12.4. The molecule has 0 aliphatic rings. The maximum atomic E-state index is 12.0. The van der Waals surface area contributed by atoms with Gasteiger partial charge in [0, 0.05) is 39.6 Å². The van der Waals surface area contributed by atoms with Crippen molar-refractivity contribution >= 4 is 16.7 Å². The Hall–Kier alpha value is -1.95. The number of carbonyl (C=O) groups excluding carboxylic acids is 1. The Morgan fingerprint density at radius 1 is 1.30 bits per heavy atom. The van der Waals surface area contributed by atoms with Crippen molar-refractivity contribution in [3.05, 3.63) is 46.8 Å². The molecule has 0 saturated carbocycles. The minimum atomic E-state index is -1.04. The summed E-state index contributed by atoms with van der Waals surface area (Å²) in [6.07, 6.45) is 1.60. The number of hydrogen-bond donors (Lipinski definition) is 1. The molecule has 0 radical (unpaired) electrons. The van der Waals surface area contributed by atoms with Crippen LogP contribution in [0.5, 0.6) is 0 Å². The summed E-state index contributed by atoms with van der Waals surface area (Å²) in [5.74, 6) is 0.526. The van der Waals surface area contributed by atoms with Crippen LogP contribution in [0.15, 0.2) is 33.7 Å².